The first-order valence-corrected chi connectivity index (χ1v) is 5.84. The maximum Gasteiger partial charge on any atom is 0.184 e. The number of halogens is 1. The molecule has 0 spiro atoms. The predicted molar refractivity (Wildman–Crippen MR) is 70.6 cm³/mol. The first-order chi connectivity index (χ1) is 8.72. The molecule has 0 saturated heterocycles. The lowest BCUT2D eigenvalue weighted by Gasteiger charge is -2.08. The number of carbonyl (C=O) groups excluding carboxylic acids is 1. The van der Waals surface area contributed by atoms with E-state index in [1.54, 1.807) is 48.5 Å². The van der Waals surface area contributed by atoms with Gasteiger partial charge in [0.15, 0.2) is 5.78 Å². The Hall–Kier alpha value is -2.11. The predicted octanol–water partition coefficient (Wildman–Crippen LogP) is 3.83. The van der Waals surface area contributed by atoms with Crippen molar-refractivity contribution in [1.82, 2.24) is 0 Å². The molecule has 0 aliphatic rings. The molecule has 0 aromatic heterocycles. The van der Waals surface area contributed by atoms with Gasteiger partial charge in [-0.05, 0) is 17.7 Å². The zero-order chi connectivity index (χ0) is 13.0. The van der Waals surface area contributed by atoms with Gasteiger partial charge >= 0.3 is 0 Å². The summed E-state index contributed by atoms with van der Waals surface area (Å²) in [5.74, 6) is -1.02. The molecule has 2 aromatic rings. The van der Waals surface area contributed by atoms with Crippen LogP contribution in [0.2, 0.25) is 5.02 Å². The third kappa shape index (κ3) is 2.58. The van der Waals surface area contributed by atoms with Crippen molar-refractivity contribution in [2.45, 2.75) is 5.92 Å². The fourth-order valence-electron chi connectivity index (χ4n) is 1.74. The van der Waals surface area contributed by atoms with E-state index in [-0.39, 0.29) is 5.78 Å². The van der Waals surface area contributed by atoms with Gasteiger partial charge in [0.25, 0.3) is 0 Å². The Morgan fingerprint density at radius 2 is 1.83 bits per heavy atom. The second kappa shape index (κ2) is 5.48. The minimum atomic E-state index is -0.814. The highest BCUT2D eigenvalue weighted by Gasteiger charge is 2.21. The molecule has 1 atom stereocenters. The Morgan fingerprint density at radius 1 is 1.11 bits per heavy atom. The number of hydrogen-bond donors (Lipinski definition) is 0. The molecule has 2 rings (SSSR count). The van der Waals surface area contributed by atoms with Crippen LogP contribution in [0.4, 0.5) is 0 Å². The van der Waals surface area contributed by atoms with E-state index in [2.05, 4.69) is 0 Å². The monoisotopic (exact) mass is 255 g/mol. The molecule has 0 saturated carbocycles. The third-order valence-corrected chi connectivity index (χ3v) is 2.87. The van der Waals surface area contributed by atoms with Gasteiger partial charge in [-0.2, -0.15) is 5.26 Å². The largest absolute Gasteiger partial charge is 0.292 e. The Balaban J connectivity index is 2.36. The topological polar surface area (TPSA) is 40.9 Å². The average Bonchev–Trinajstić information content (AvgIpc) is 2.40. The fraction of sp³-hybridized carbons (Fsp3) is 0.0667. The number of nitrogens with zero attached hydrogens (tertiary/aromatic N) is 1. The van der Waals surface area contributed by atoms with Gasteiger partial charge < -0.3 is 0 Å². The lowest BCUT2D eigenvalue weighted by molar-refractivity contribution is 0.0979. The summed E-state index contributed by atoms with van der Waals surface area (Å²) in [4.78, 5) is 12.2. The highest BCUT2D eigenvalue weighted by atomic mass is 35.5. The Bertz CT molecular complexity index is 601. The molecule has 88 valence electrons. The van der Waals surface area contributed by atoms with E-state index < -0.39 is 5.92 Å². The molecule has 0 bridgehead atoms. The van der Waals surface area contributed by atoms with Gasteiger partial charge in [0.05, 0.1) is 6.07 Å². The summed E-state index contributed by atoms with van der Waals surface area (Å²) in [6.07, 6.45) is 0. The highest BCUT2D eigenvalue weighted by Crippen LogP contribution is 2.23. The maximum atomic E-state index is 12.2. The average molecular weight is 256 g/mol. The first kappa shape index (κ1) is 12.3. The molecule has 18 heavy (non-hydrogen) atoms. The number of nitriles is 1. The normalized spacial score (nSPS) is 11.6. The lowest BCUT2D eigenvalue weighted by atomic mass is 9.92. The highest BCUT2D eigenvalue weighted by molar-refractivity contribution is 6.30. The van der Waals surface area contributed by atoms with Crippen molar-refractivity contribution >= 4 is 17.4 Å². The van der Waals surface area contributed by atoms with Crippen molar-refractivity contribution in [3.8, 4) is 6.07 Å². The van der Waals surface area contributed by atoms with Crippen molar-refractivity contribution in [3.63, 3.8) is 0 Å². The van der Waals surface area contributed by atoms with Crippen LogP contribution >= 0.6 is 11.6 Å². The van der Waals surface area contributed by atoms with Gasteiger partial charge in [-0.3, -0.25) is 4.79 Å². The van der Waals surface area contributed by atoms with Gasteiger partial charge in [0.2, 0.25) is 0 Å². The fourth-order valence-corrected chi connectivity index (χ4v) is 1.94. The van der Waals surface area contributed by atoms with Gasteiger partial charge in [-0.25, -0.2) is 0 Å². The van der Waals surface area contributed by atoms with Crippen LogP contribution in [-0.2, 0) is 0 Å². The van der Waals surface area contributed by atoms with E-state index in [4.69, 9.17) is 11.6 Å². The second-order valence-corrected chi connectivity index (χ2v) is 4.28. The Morgan fingerprint density at radius 3 is 2.44 bits per heavy atom. The summed E-state index contributed by atoms with van der Waals surface area (Å²) in [6, 6.07) is 17.7. The summed E-state index contributed by atoms with van der Waals surface area (Å²) in [5, 5.41) is 9.71. The first-order valence-electron chi connectivity index (χ1n) is 5.46. The van der Waals surface area contributed by atoms with Crippen LogP contribution in [0.15, 0.2) is 54.6 Å². The van der Waals surface area contributed by atoms with Crippen LogP contribution < -0.4 is 0 Å². The molecule has 2 nitrogen and oxygen atoms in total. The number of carbonyl (C=O) groups is 1. The quantitative estimate of drug-likeness (QED) is 0.782. The maximum absolute atomic E-state index is 12.2. The van der Waals surface area contributed by atoms with Crippen molar-refractivity contribution < 1.29 is 4.79 Å². The molecule has 0 fully saturated rings. The summed E-state index contributed by atoms with van der Waals surface area (Å²) >= 11 is 5.88. The van der Waals surface area contributed by atoms with Crippen molar-refractivity contribution in [2.24, 2.45) is 0 Å². The number of hydrogen-bond acceptors (Lipinski definition) is 2. The lowest BCUT2D eigenvalue weighted by Crippen LogP contribution is -2.11. The standard InChI is InChI=1S/C15H10ClNO/c16-13-8-4-7-12(9-13)14(10-17)15(18)11-5-2-1-3-6-11/h1-9,14H. The molecule has 0 amide bonds. The summed E-state index contributed by atoms with van der Waals surface area (Å²) in [5.41, 5.74) is 1.16. The zero-order valence-corrected chi connectivity index (χ0v) is 10.3. The van der Waals surface area contributed by atoms with E-state index in [9.17, 15) is 10.1 Å². The summed E-state index contributed by atoms with van der Waals surface area (Å²) in [7, 11) is 0. The van der Waals surface area contributed by atoms with E-state index in [1.807, 2.05) is 12.1 Å². The number of benzene rings is 2. The van der Waals surface area contributed by atoms with Gasteiger partial charge in [-0.1, -0.05) is 54.1 Å². The Kier molecular flexibility index (Phi) is 3.76. The van der Waals surface area contributed by atoms with Crippen molar-refractivity contribution in [2.75, 3.05) is 0 Å². The summed E-state index contributed by atoms with van der Waals surface area (Å²) < 4.78 is 0. The van der Waals surface area contributed by atoms with Crippen molar-refractivity contribution in [3.05, 3.63) is 70.7 Å². The molecule has 3 heteroatoms. The van der Waals surface area contributed by atoms with E-state index >= 15 is 0 Å². The molecule has 0 aliphatic carbocycles. The van der Waals surface area contributed by atoms with Gasteiger partial charge in [-0.15, -0.1) is 0 Å². The minimum Gasteiger partial charge on any atom is -0.292 e. The van der Waals surface area contributed by atoms with E-state index in [0.29, 0.717) is 16.1 Å². The summed E-state index contributed by atoms with van der Waals surface area (Å²) in [6.45, 7) is 0. The van der Waals surface area contributed by atoms with Crippen LogP contribution in [0.5, 0.6) is 0 Å². The number of Topliss-reactive ketones (excluding diaryl/α,β-unsaturated/α-hetero) is 1. The molecule has 2 aromatic carbocycles. The van der Waals surface area contributed by atoms with E-state index in [0.717, 1.165) is 0 Å². The zero-order valence-electron chi connectivity index (χ0n) is 9.51. The third-order valence-electron chi connectivity index (χ3n) is 2.63. The SMILES string of the molecule is N#CC(C(=O)c1ccccc1)c1cccc(Cl)c1. The molecule has 0 N–H and O–H groups in total. The molecule has 0 heterocycles. The molecular formula is C15H10ClNO. The van der Waals surface area contributed by atoms with Crippen LogP contribution in [-0.4, -0.2) is 5.78 Å². The minimum absolute atomic E-state index is 0.208. The molecule has 0 aliphatic heterocycles. The van der Waals surface area contributed by atoms with Crippen LogP contribution in [0.3, 0.4) is 0 Å². The van der Waals surface area contributed by atoms with Crippen LogP contribution in [0.25, 0.3) is 0 Å². The van der Waals surface area contributed by atoms with Crippen molar-refractivity contribution in [1.29, 1.82) is 5.26 Å². The Labute approximate surface area is 110 Å². The number of rotatable bonds is 3. The van der Waals surface area contributed by atoms with Crippen LogP contribution in [0, 0.1) is 11.3 Å². The van der Waals surface area contributed by atoms with E-state index in [1.165, 1.54) is 0 Å². The number of ketones is 1. The van der Waals surface area contributed by atoms with Crippen LogP contribution in [0.1, 0.15) is 21.8 Å². The smallest absolute Gasteiger partial charge is 0.184 e. The molecule has 1 unspecified atom stereocenters. The van der Waals surface area contributed by atoms with Gasteiger partial charge in [0, 0.05) is 10.6 Å². The second-order valence-electron chi connectivity index (χ2n) is 3.85. The molecular weight excluding hydrogens is 246 g/mol. The van der Waals surface area contributed by atoms with Gasteiger partial charge in [0.1, 0.15) is 5.92 Å². The molecule has 0 radical (unpaired) electrons.